The Kier molecular flexibility index (Phi) is 6.94. The van der Waals surface area contributed by atoms with Gasteiger partial charge in [-0.3, -0.25) is 14.4 Å². The van der Waals surface area contributed by atoms with Crippen LogP contribution in [-0.4, -0.2) is 60.4 Å². The van der Waals surface area contributed by atoms with E-state index in [2.05, 4.69) is 0 Å². The van der Waals surface area contributed by atoms with Crippen molar-refractivity contribution < 1.29 is 19.1 Å². The van der Waals surface area contributed by atoms with Crippen LogP contribution in [0.15, 0.2) is 24.3 Å². The van der Waals surface area contributed by atoms with Crippen LogP contribution in [0.3, 0.4) is 0 Å². The highest BCUT2D eigenvalue weighted by Crippen LogP contribution is 2.26. The second-order valence-electron chi connectivity index (χ2n) is 7.40. The fraction of sp³-hybridized carbons (Fsp3) is 0.571. The van der Waals surface area contributed by atoms with E-state index in [9.17, 15) is 14.4 Å². The van der Waals surface area contributed by atoms with Gasteiger partial charge < -0.3 is 14.5 Å². The molecule has 6 nitrogen and oxygen atoms in total. The first kappa shape index (κ1) is 20.6. The van der Waals surface area contributed by atoms with Crippen molar-refractivity contribution in [2.75, 3.05) is 32.8 Å². The van der Waals surface area contributed by atoms with Crippen LogP contribution < -0.4 is 0 Å². The number of carbonyl (C=O) groups excluding carboxylic acids is 3. The van der Waals surface area contributed by atoms with Gasteiger partial charge in [0.25, 0.3) is 5.91 Å². The predicted molar refractivity (Wildman–Crippen MR) is 106 cm³/mol. The number of hydrogen-bond acceptors (Lipinski definition) is 4. The zero-order chi connectivity index (χ0) is 20.1. The number of hydrogen-bond donors (Lipinski definition) is 0. The van der Waals surface area contributed by atoms with Crippen LogP contribution in [0.4, 0.5) is 0 Å². The van der Waals surface area contributed by atoms with Gasteiger partial charge in [0, 0.05) is 32.1 Å². The summed E-state index contributed by atoms with van der Waals surface area (Å²) >= 11 is 6.13. The van der Waals surface area contributed by atoms with E-state index < -0.39 is 0 Å². The van der Waals surface area contributed by atoms with Gasteiger partial charge in [-0.25, -0.2) is 0 Å². The molecule has 152 valence electrons. The van der Waals surface area contributed by atoms with Crippen molar-refractivity contribution in [3.63, 3.8) is 0 Å². The number of piperidine rings is 2. The van der Waals surface area contributed by atoms with E-state index in [0.29, 0.717) is 69.1 Å². The van der Waals surface area contributed by atoms with E-state index in [1.807, 2.05) is 4.90 Å². The fourth-order valence-electron chi connectivity index (χ4n) is 3.99. The molecule has 0 N–H and O–H groups in total. The maximum atomic E-state index is 12.8. The van der Waals surface area contributed by atoms with E-state index in [0.717, 1.165) is 0 Å². The number of carbonyl (C=O) groups is 3. The van der Waals surface area contributed by atoms with Crippen LogP contribution in [0.5, 0.6) is 0 Å². The van der Waals surface area contributed by atoms with Crippen molar-refractivity contribution >= 4 is 29.4 Å². The second-order valence-corrected chi connectivity index (χ2v) is 7.81. The minimum Gasteiger partial charge on any atom is -0.466 e. The number of ether oxygens (including phenoxy) is 1. The number of rotatable bonds is 4. The van der Waals surface area contributed by atoms with Crippen molar-refractivity contribution in [2.45, 2.75) is 32.6 Å². The van der Waals surface area contributed by atoms with Crippen LogP contribution in [0.2, 0.25) is 5.02 Å². The standard InChI is InChI=1S/C21H27ClN2O4/c1-2-28-21(27)16-9-13-23(14-10-16)19(25)15-7-11-24(12-8-15)20(26)17-5-3-4-6-18(17)22/h3-6,15-16H,2,7-14H2,1H3. The number of nitrogens with zero attached hydrogens (tertiary/aromatic N) is 2. The lowest BCUT2D eigenvalue weighted by atomic mass is 9.92. The van der Waals surface area contributed by atoms with Gasteiger partial charge in [0.05, 0.1) is 23.1 Å². The highest BCUT2D eigenvalue weighted by atomic mass is 35.5. The first-order chi connectivity index (χ1) is 13.5. The summed E-state index contributed by atoms with van der Waals surface area (Å²) < 4.78 is 5.08. The summed E-state index contributed by atoms with van der Waals surface area (Å²) in [5.74, 6) is -0.242. The minimum atomic E-state index is -0.152. The van der Waals surface area contributed by atoms with Gasteiger partial charge in [-0.05, 0) is 44.7 Å². The number of likely N-dealkylation sites (tertiary alicyclic amines) is 2. The molecule has 1 aromatic rings. The third-order valence-electron chi connectivity index (χ3n) is 5.66. The molecule has 0 saturated carbocycles. The third-order valence-corrected chi connectivity index (χ3v) is 5.99. The third kappa shape index (κ3) is 4.66. The minimum absolute atomic E-state index is 0.0607. The van der Waals surface area contributed by atoms with Gasteiger partial charge in [0.15, 0.2) is 0 Å². The molecule has 2 aliphatic heterocycles. The largest absolute Gasteiger partial charge is 0.466 e. The van der Waals surface area contributed by atoms with Crippen molar-refractivity contribution in [3.8, 4) is 0 Å². The van der Waals surface area contributed by atoms with E-state index in [4.69, 9.17) is 16.3 Å². The van der Waals surface area contributed by atoms with Gasteiger partial charge in [-0.15, -0.1) is 0 Å². The number of benzene rings is 1. The van der Waals surface area contributed by atoms with Gasteiger partial charge in [0.1, 0.15) is 0 Å². The van der Waals surface area contributed by atoms with Crippen LogP contribution in [0, 0.1) is 11.8 Å². The smallest absolute Gasteiger partial charge is 0.309 e. The zero-order valence-electron chi connectivity index (χ0n) is 16.2. The molecule has 0 aromatic heterocycles. The Morgan fingerprint density at radius 2 is 1.54 bits per heavy atom. The average molecular weight is 407 g/mol. The molecule has 3 rings (SSSR count). The van der Waals surface area contributed by atoms with Gasteiger partial charge in [0.2, 0.25) is 5.91 Å². The number of halogens is 1. The van der Waals surface area contributed by atoms with Gasteiger partial charge >= 0.3 is 5.97 Å². The molecule has 0 aliphatic carbocycles. The Morgan fingerprint density at radius 3 is 2.14 bits per heavy atom. The van der Waals surface area contributed by atoms with Gasteiger partial charge in [-0.1, -0.05) is 23.7 Å². The highest BCUT2D eigenvalue weighted by molar-refractivity contribution is 6.33. The number of amides is 2. The molecule has 7 heteroatoms. The topological polar surface area (TPSA) is 66.9 Å². The maximum Gasteiger partial charge on any atom is 0.309 e. The quantitative estimate of drug-likeness (QED) is 0.721. The van der Waals surface area contributed by atoms with E-state index in [1.165, 1.54) is 0 Å². The lowest BCUT2D eigenvalue weighted by Gasteiger charge is -2.37. The Labute approximate surface area is 170 Å². The first-order valence-corrected chi connectivity index (χ1v) is 10.4. The van der Waals surface area contributed by atoms with Crippen molar-refractivity contribution in [1.82, 2.24) is 9.80 Å². The molecule has 2 heterocycles. The Hall–Kier alpha value is -2.08. The average Bonchev–Trinajstić information content (AvgIpc) is 2.73. The molecule has 0 spiro atoms. The fourth-order valence-corrected chi connectivity index (χ4v) is 4.20. The summed E-state index contributed by atoms with van der Waals surface area (Å²) in [5.41, 5.74) is 0.509. The van der Waals surface area contributed by atoms with Crippen LogP contribution in [0.1, 0.15) is 43.0 Å². The predicted octanol–water partition coefficient (Wildman–Crippen LogP) is 2.99. The summed E-state index contributed by atoms with van der Waals surface area (Å²) in [6, 6.07) is 7.05. The Balaban J connectivity index is 1.49. The number of esters is 1. The first-order valence-electron chi connectivity index (χ1n) is 10.0. The normalized spacial score (nSPS) is 18.8. The molecule has 28 heavy (non-hydrogen) atoms. The Bertz CT molecular complexity index is 723. The molecule has 0 bridgehead atoms. The van der Waals surface area contributed by atoms with Crippen LogP contribution in [-0.2, 0) is 14.3 Å². The molecule has 2 amide bonds. The molecule has 1 aromatic carbocycles. The molecular formula is C21H27ClN2O4. The molecule has 0 atom stereocenters. The van der Waals surface area contributed by atoms with Crippen LogP contribution in [0.25, 0.3) is 0 Å². The van der Waals surface area contributed by atoms with Crippen molar-refractivity contribution in [1.29, 1.82) is 0 Å². The molecule has 0 unspecified atom stereocenters. The molecule has 2 saturated heterocycles. The molecule has 2 fully saturated rings. The highest BCUT2D eigenvalue weighted by Gasteiger charge is 2.34. The molecule has 2 aliphatic rings. The van der Waals surface area contributed by atoms with Crippen LogP contribution >= 0.6 is 11.6 Å². The van der Waals surface area contributed by atoms with Crippen molar-refractivity contribution in [3.05, 3.63) is 34.9 Å². The summed E-state index contributed by atoms with van der Waals surface area (Å²) in [6.45, 7) is 4.50. The second kappa shape index (κ2) is 9.41. The summed E-state index contributed by atoms with van der Waals surface area (Å²) in [6.07, 6.45) is 2.64. The SMILES string of the molecule is CCOC(=O)C1CCN(C(=O)C2CCN(C(=O)c3ccccc3Cl)CC2)CC1. The molecular weight excluding hydrogens is 380 g/mol. The Morgan fingerprint density at radius 1 is 0.964 bits per heavy atom. The molecule has 0 radical (unpaired) electrons. The summed E-state index contributed by atoms with van der Waals surface area (Å²) in [4.78, 5) is 41.0. The summed E-state index contributed by atoms with van der Waals surface area (Å²) in [7, 11) is 0. The van der Waals surface area contributed by atoms with Crippen molar-refractivity contribution in [2.24, 2.45) is 11.8 Å². The van der Waals surface area contributed by atoms with E-state index in [-0.39, 0.29) is 29.6 Å². The lowest BCUT2D eigenvalue weighted by molar-refractivity contribution is -0.152. The lowest BCUT2D eigenvalue weighted by Crippen LogP contribution is -2.47. The van der Waals surface area contributed by atoms with Gasteiger partial charge in [-0.2, -0.15) is 0 Å². The maximum absolute atomic E-state index is 12.8. The monoisotopic (exact) mass is 406 g/mol. The van der Waals surface area contributed by atoms with E-state index in [1.54, 1.807) is 36.1 Å². The summed E-state index contributed by atoms with van der Waals surface area (Å²) in [5, 5.41) is 0.454. The zero-order valence-corrected chi connectivity index (χ0v) is 17.0. The van der Waals surface area contributed by atoms with E-state index >= 15 is 0 Å².